The van der Waals surface area contributed by atoms with Crippen molar-refractivity contribution in [2.75, 3.05) is 0 Å². The van der Waals surface area contributed by atoms with Crippen LogP contribution in [0.25, 0.3) is 11.1 Å². The van der Waals surface area contributed by atoms with Crippen LogP contribution in [0.5, 0.6) is 0 Å². The molecule has 1 fully saturated rings. The number of benzene rings is 2. The fourth-order valence-electron chi connectivity index (χ4n) is 3.87. The summed E-state index contributed by atoms with van der Waals surface area (Å²) in [6.07, 6.45) is 6.84. The third-order valence-electron chi connectivity index (χ3n) is 5.10. The summed E-state index contributed by atoms with van der Waals surface area (Å²) in [6.45, 7) is 0. The summed E-state index contributed by atoms with van der Waals surface area (Å²) in [5.41, 5.74) is 7.23. The van der Waals surface area contributed by atoms with Gasteiger partial charge in [-0.25, -0.2) is 0 Å². The van der Waals surface area contributed by atoms with E-state index in [0.29, 0.717) is 5.92 Å². The molecule has 0 N–H and O–H groups in total. The Labute approximate surface area is 129 Å². The van der Waals surface area contributed by atoms with E-state index in [2.05, 4.69) is 70.9 Å². The third-order valence-corrected chi connectivity index (χ3v) is 5.10. The molecule has 2 nitrogen and oxygen atoms in total. The molecule has 0 amide bonds. The zero-order chi connectivity index (χ0) is 14.5. The second-order valence-corrected chi connectivity index (χ2v) is 6.27. The molecule has 0 heterocycles. The van der Waals surface area contributed by atoms with Crippen molar-refractivity contribution in [3.63, 3.8) is 0 Å². The predicted octanol–water partition coefficient (Wildman–Crippen LogP) is 4.46. The van der Waals surface area contributed by atoms with Crippen molar-refractivity contribution in [2.45, 2.75) is 12.8 Å². The van der Waals surface area contributed by atoms with E-state index in [-0.39, 0.29) is 0 Å². The normalized spacial score (nSPS) is 25.6. The standard InChI is InChI=1S/C20H16N2/c1-3-9-17-15(7-1)16-8-2-4-10-18(16)20(17)22-21-19-12-13-6-5-11-14(13)19/h1-10,13-14H,11-12H2/b21-19+/t13-,14+/m0/s1. The van der Waals surface area contributed by atoms with Gasteiger partial charge >= 0.3 is 0 Å². The first-order chi connectivity index (χ1) is 10.9. The summed E-state index contributed by atoms with van der Waals surface area (Å²) in [5, 5.41) is 9.28. The maximum atomic E-state index is 4.67. The zero-order valence-corrected chi connectivity index (χ0v) is 12.2. The largest absolute Gasteiger partial charge is 0.159 e. The van der Waals surface area contributed by atoms with Crippen LogP contribution in [0.2, 0.25) is 0 Å². The van der Waals surface area contributed by atoms with Gasteiger partial charge in [-0.2, -0.15) is 5.10 Å². The van der Waals surface area contributed by atoms with E-state index in [9.17, 15) is 0 Å². The molecule has 0 spiro atoms. The quantitative estimate of drug-likeness (QED) is 0.466. The maximum Gasteiger partial charge on any atom is 0.101 e. The van der Waals surface area contributed by atoms with Crippen molar-refractivity contribution < 1.29 is 0 Å². The monoisotopic (exact) mass is 284 g/mol. The Morgan fingerprint density at radius 1 is 0.773 bits per heavy atom. The van der Waals surface area contributed by atoms with Crippen LogP contribution in [0.1, 0.15) is 24.0 Å². The smallest absolute Gasteiger partial charge is 0.101 e. The number of allylic oxidation sites excluding steroid dienone is 2. The lowest BCUT2D eigenvalue weighted by atomic mass is 9.74. The first kappa shape index (κ1) is 12.1. The molecule has 106 valence electrons. The number of nitrogens with zero attached hydrogens (tertiary/aromatic N) is 2. The summed E-state index contributed by atoms with van der Waals surface area (Å²) in [5.74, 6) is 1.35. The molecular weight excluding hydrogens is 268 g/mol. The van der Waals surface area contributed by atoms with Gasteiger partial charge in [0.25, 0.3) is 0 Å². The van der Waals surface area contributed by atoms with Crippen LogP contribution >= 0.6 is 0 Å². The molecule has 0 bridgehead atoms. The molecule has 0 radical (unpaired) electrons. The summed E-state index contributed by atoms with van der Waals surface area (Å²) >= 11 is 0. The van der Waals surface area contributed by atoms with E-state index in [1.54, 1.807) is 0 Å². The molecule has 0 aromatic heterocycles. The van der Waals surface area contributed by atoms with Gasteiger partial charge < -0.3 is 0 Å². The first-order valence-electron chi connectivity index (χ1n) is 7.92. The Hall–Kier alpha value is -2.48. The van der Waals surface area contributed by atoms with E-state index in [0.717, 1.165) is 24.5 Å². The van der Waals surface area contributed by atoms with Crippen LogP contribution in [-0.4, -0.2) is 11.4 Å². The highest BCUT2D eigenvalue weighted by atomic mass is 15.2. The molecule has 0 saturated heterocycles. The van der Waals surface area contributed by atoms with Crippen molar-refractivity contribution in [1.29, 1.82) is 0 Å². The SMILES string of the molecule is C1=C[C@H]2C/C(=N\N=C3c4ccccc4-c4ccccc43)[C@@H]2C1. The van der Waals surface area contributed by atoms with Crippen LogP contribution in [0, 0.1) is 11.8 Å². The van der Waals surface area contributed by atoms with E-state index in [4.69, 9.17) is 0 Å². The van der Waals surface area contributed by atoms with Gasteiger partial charge in [0, 0.05) is 22.8 Å². The van der Waals surface area contributed by atoms with Gasteiger partial charge in [0.15, 0.2) is 0 Å². The Morgan fingerprint density at radius 3 is 2.05 bits per heavy atom. The van der Waals surface area contributed by atoms with Crippen molar-refractivity contribution in [3.05, 3.63) is 71.8 Å². The Bertz CT molecular complexity index is 810. The second kappa shape index (κ2) is 4.51. The van der Waals surface area contributed by atoms with Gasteiger partial charge in [0.2, 0.25) is 0 Å². The molecule has 5 rings (SSSR count). The van der Waals surface area contributed by atoms with Crippen molar-refractivity contribution in [1.82, 2.24) is 0 Å². The van der Waals surface area contributed by atoms with Gasteiger partial charge in [0.05, 0.1) is 0 Å². The molecular formula is C20H16N2. The molecule has 2 atom stereocenters. The second-order valence-electron chi connectivity index (χ2n) is 6.27. The van der Waals surface area contributed by atoms with Gasteiger partial charge in [-0.1, -0.05) is 60.7 Å². The van der Waals surface area contributed by atoms with Crippen LogP contribution in [0.4, 0.5) is 0 Å². The van der Waals surface area contributed by atoms with Crippen LogP contribution in [-0.2, 0) is 0 Å². The van der Waals surface area contributed by atoms with Crippen molar-refractivity contribution >= 4 is 11.4 Å². The van der Waals surface area contributed by atoms with E-state index in [1.807, 2.05) is 0 Å². The molecule has 22 heavy (non-hydrogen) atoms. The van der Waals surface area contributed by atoms with Crippen LogP contribution < -0.4 is 0 Å². The topological polar surface area (TPSA) is 24.7 Å². The molecule has 0 aliphatic heterocycles. The van der Waals surface area contributed by atoms with Gasteiger partial charge in [-0.15, -0.1) is 5.10 Å². The maximum absolute atomic E-state index is 4.67. The van der Waals surface area contributed by atoms with Crippen molar-refractivity contribution in [2.24, 2.45) is 22.0 Å². The summed E-state index contributed by atoms with van der Waals surface area (Å²) in [7, 11) is 0. The van der Waals surface area contributed by atoms with Crippen LogP contribution in [0.15, 0.2) is 70.9 Å². The van der Waals surface area contributed by atoms with Gasteiger partial charge in [-0.3, -0.25) is 0 Å². The number of hydrogen-bond acceptors (Lipinski definition) is 2. The molecule has 0 unspecified atom stereocenters. The molecule has 3 aliphatic carbocycles. The lowest BCUT2D eigenvalue weighted by Gasteiger charge is -2.31. The average Bonchev–Trinajstić information content (AvgIpc) is 3.07. The lowest BCUT2D eigenvalue weighted by molar-refractivity contribution is 0.465. The highest BCUT2D eigenvalue weighted by Gasteiger charge is 2.38. The Morgan fingerprint density at radius 2 is 1.41 bits per heavy atom. The first-order valence-corrected chi connectivity index (χ1v) is 7.92. The number of rotatable bonds is 1. The highest BCUT2D eigenvalue weighted by Crippen LogP contribution is 2.41. The molecule has 2 aromatic rings. The Kier molecular flexibility index (Phi) is 2.48. The fraction of sp³-hybridized carbons (Fsp3) is 0.200. The number of fused-ring (bicyclic) bond motifs is 4. The van der Waals surface area contributed by atoms with Crippen LogP contribution in [0.3, 0.4) is 0 Å². The summed E-state index contributed by atoms with van der Waals surface area (Å²) in [4.78, 5) is 0. The molecule has 2 aromatic carbocycles. The average molecular weight is 284 g/mol. The summed E-state index contributed by atoms with van der Waals surface area (Å²) in [6, 6.07) is 17.0. The molecule has 1 saturated carbocycles. The Balaban J connectivity index is 1.60. The van der Waals surface area contributed by atoms with E-state index < -0.39 is 0 Å². The predicted molar refractivity (Wildman–Crippen MR) is 90.3 cm³/mol. The highest BCUT2D eigenvalue weighted by molar-refractivity contribution is 6.24. The van der Waals surface area contributed by atoms with E-state index in [1.165, 1.54) is 28.0 Å². The minimum atomic E-state index is 0.622. The third kappa shape index (κ3) is 1.61. The number of hydrogen-bond donors (Lipinski definition) is 0. The van der Waals surface area contributed by atoms with E-state index >= 15 is 0 Å². The molecule has 2 heteroatoms. The minimum absolute atomic E-state index is 0.622. The van der Waals surface area contributed by atoms with Gasteiger partial charge in [-0.05, 0) is 29.9 Å². The zero-order valence-electron chi connectivity index (χ0n) is 12.2. The molecule has 3 aliphatic rings. The minimum Gasteiger partial charge on any atom is -0.159 e. The lowest BCUT2D eigenvalue weighted by Crippen LogP contribution is -2.32. The van der Waals surface area contributed by atoms with Gasteiger partial charge in [0.1, 0.15) is 5.71 Å². The van der Waals surface area contributed by atoms with Crippen molar-refractivity contribution in [3.8, 4) is 11.1 Å². The summed E-state index contributed by atoms with van der Waals surface area (Å²) < 4.78 is 0. The fourth-order valence-corrected chi connectivity index (χ4v) is 3.87.